The third kappa shape index (κ3) is 6.10. The van der Waals surface area contributed by atoms with Crippen molar-refractivity contribution >= 4 is 33.7 Å². The average Bonchev–Trinajstić information content (AvgIpc) is 3.35. The zero-order chi connectivity index (χ0) is 22.6. The van der Waals surface area contributed by atoms with Gasteiger partial charge in [-0.25, -0.2) is 0 Å². The molecule has 1 fully saturated rings. The van der Waals surface area contributed by atoms with E-state index in [-0.39, 0.29) is 30.9 Å². The lowest BCUT2D eigenvalue weighted by Gasteiger charge is -2.23. The molecule has 1 saturated heterocycles. The lowest BCUT2D eigenvalue weighted by atomic mass is 9.86. The molecule has 31 heavy (non-hydrogen) atoms. The molecule has 2 aromatic rings. The number of hydrogen-bond donors (Lipinski definition) is 2. The fourth-order valence-electron chi connectivity index (χ4n) is 3.32. The summed E-state index contributed by atoms with van der Waals surface area (Å²) >= 11 is 3.45. The highest BCUT2D eigenvalue weighted by atomic mass is 79.9. The zero-order valence-corrected chi connectivity index (χ0v) is 19.3. The lowest BCUT2D eigenvalue weighted by molar-refractivity contribution is -0.132. The Kier molecular flexibility index (Phi) is 7.04. The van der Waals surface area contributed by atoms with Gasteiger partial charge in [0.05, 0.1) is 18.7 Å². The van der Waals surface area contributed by atoms with Crippen molar-refractivity contribution in [2.45, 2.75) is 39.2 Å². The van der Waals surface area contributed by atoms with Gasteiger partial charge < -0.3 is 14.1 Å². The fraction of sp³-hybridized carbons (Fsp3) is 0.409. The highest BCUT2D eigenvalue weighted by Crippen LogP contribution is 2.33. The number of ether oxygens (including phenoxy) is 1. The van der Waals surface area contributed by atoms with Crippen molar-refractivity contribution in [2.24, 2.45) is 5.92 Å². The first kappa shape index (κ1) is 22.9. The smallest absolute Gasteiger partial charge is 0.276 e. The highest BCUT2D eigenvalue weighted by Gasteiger charge is 2.34. The molecule has 3 rings (SSSR count). The van der Waals surface area contributed by atoms with Crippen LogP contribution in [0.5, 0.6) is 5.75 Å². The number of hydrogen-bond acceptors (Lipinski definition) is 5. The maximum absolute atomic E-state index is 12.4. The van der Waals surface area contributed by atoms with Crippen molar-refractivity contribution in [3.63, 3.8) is 0 Å². The Morgan fingerprint density at radius 1 is 1.26 bits per heavy atom. The van der Waals surface area contributed by atoms with Crippen LogP contribution in [0, 0.1) is 5.92 Å². The largest absolute Gasteiger partial charge is 0.483 e. The van der Waals surface area contributed by atoms with Crippen molar-refractivity contribution in [3.8, 4) is 5.75 Å². The first-order valence-electron chi connectivity index (χ1n) is 9.95. The predicted octanol–water partition coefficient (Wildman–Crippen LogP) is 2.91. The Bertz CT molecular complexity index is 953. The van der Waals surface area contributed by atoms with Crippen molar-refractivity contribution < 1.29 is 23.5 Å². The molecule has 0 radical (unpaired) electrons. The van der Waals surface area contributed by atoms with E-state index in [1.54, 1.807) is 23.1 Å². The van der Waals surface area contributed by atoms with Crippen molar-refractivity contribution in [1.82, 2.24) is 15.8 Å². The van der Waals surface area contributed by atoms with E-state index in [1.807, 2.05) is 12.1 Å². The Hall–Kier alpha value is -2.81. The molecular weight excluding hydrogens is 466 g/mol. The second kappa shape index (κ2) is 9.55. The number of benzene rings is 1. The number of carbonyl (C=O) groups excluding carboxylic acids is 3. The number of amides is 3. The molecule has 2 heterocycles. The van der Waals surface area contributed by atoms with Gasteiger partial charge in [-0.05, 0) is 35.7 Å². The molecule has 3 amide bonds. The molecule has 166 valence electrons. The van der Waals surface area contributed by atoms with Crippen LogP contribution in [0.4, 0.5) is 0 Å². The van der Waals surface area contributed by atoms with E-state index in [9.17, 15) is 14.4 Å². The van der Waals surface area contributed by atoms with Crippen molar-refractivity contribution in [2.75, 3.05) is 13.2 Å². The van der Waals surface area contributed by atoms with Gasteiger partial charge in [0.25, 0.3) is 5.91 Å². The highest BCUT2D eigenvalue weighted by molar-refractivity contribution is 9.10. The summed E-state index contributed by atoms with van der Waals surface area (Å²) in [5, 5.41) is 0. The summed E-state index contributed by atoms with van der Waals surface area (Å²) in [4.78, 5) is 38.2. The second-order valence-corrected chi connectivity index (χ2v) is 9.39. The molecule has 0 spiro atoms. The van der Waals surface area contributed by atoms with Gasteiger partial charge in [0.15, 0.2) is 6.61 Å². The lowest BCUT2D eigenvalue weighted by Crippen LogP contribution is -2.46. The van der Waals surface area contributed by atoms with Crippen molar-refractivity contribution in [1.29, 1.82) is 0 Å². The Morgan fingerprint density at radius 2 is 2.03 bits per heavy atom. The average molecular weight is 492 g/mol. The SMILES string of the molecule is CC(C)(C)c1cc(Br)ccc1OCC(=O)NNC(=O)C1CC(=O)N(Cc2ccco2)C1. The monoisotopic (exact) mass is 491 g/mol. The molecule has 1 atom stereocenters. The summed E-state index contributed by atoms with van der Waals surface area (Å²) in [6.07, 6.45) is 1.63. The Labute approximate surface area is 189 Å². The molecule has 2 N–H and O–H groups in total. The van der Waals surface area contributed by atoms with Crippen LogP contribution in [0.1, 0.15) is 38.5 Å². The molecule has 8 nitrogen and oxygen atoms in total. The molecule has 1 aliphatic heterocycles. The number of nitrogens with zero attached hydrogens (tertiary/aromatic N) is 1. The number of likely N-dealkylation sites (tertiary alicyclic amines) is 1. The maximum atomic E-state index is 12.4. The molecule has 0 saturated carbocycles. The fourth-order valence-corrected chi connectivity index (χ4v) is 3.68. The van der Waals surface area contributed by atoms with E-state index in [0.717, 1.165) is 10.0 Å². The van der Waals surface area contributed by atoms with E-state index in [4.69, 9.17) is 9.15 Å². The molecule has 1 aromatic carbocycles. The van der Waals surface area contributed by atoms with Crippen LogP contribution < -0.4 is 15.6 Å². The summed E-state index contributed by atoms with van der Waals surface area (Å²) < 4.78 is 11.8. The van der Waals surface area contributed by atoms with Crippen LogP contribution in [0.2, 0.25) is 0 Å². The summed E-state index contributed by atoms with van der Waals surface area (Å²) in [6, 6.07) is 9.12. The van der Waals surface area contributed by atoms with Gasteiger partial charge in [0.1, 0.15) is 11.5 Å². The van der Waals surface area contributed by atoms with Gasteiger partial charge in [-0.1, -0.05) is 36.7 Å². The quantitative estimate of drug-likeness (QED) is 0.605. The van der Waals surface area contributed by atoms with Crippen LogP contribution in [0.3, 0.4) is 0 Å². The molecule has 0 bridgehead atoms. The first-order valence-corrected chi connectivity index (χ1v) is 10.7. The predicted molar refractivity (Wildman–Crippen MR) is 117 cm³/mol. The third-order valence-electron chi connectivity index (χ3n) is 4.95. The minimum atomic E-state index is -0.539. The Morgan fingerprint density at radius 3 is 2.71 bits per heavy atom. The minimum Gasteiger partial charge on any atom is -0.483 e. The van der Waals surface area contributed by atoms with E-state index in [2.05, 4.69) is 47.6 Å². The third-order valence-corrected chi connectivity index (χ3v) is 5.44. The van der Waals surface area contributed by atoms with Crippen molar-refractivity contribution in [3.05, 3.63) is 52.4 Å². The summed E-state index contributed by atoms with van der Waals surface area (Å²) in [6.45, 7) is 6.50. The zero-order valence-electron chi connectivity index (χ0n) is 17.7. The number of furan rings is 1. The summed E-state index contributed by atoms with van der Waals surface area (Å²) in [5.41, 5.74) is 5.53. The van der Waals surface area contributed by atoms with Crippen LogP contribution >= 0.6 is 15.9 Å². The van der Waals surface area contributed by atoms with E-state index in [1.165, 1.54) is 6.26 Å². The minimum absolute atomic E-state index is 0.0900. The molecular formula is C22H26BrN3O5. The molecule has 1 aromatic heterocycles. The number of halogens is 1. The van der Waals surface area contributed by atoms with Gasteiger partial charge in [0, 0.05) is 23.0 Å². The van der Waals surface area contributed by atoms with Gasteiger partial charge >= 0.3 is 0 Å². The molecule has 1 unspecified atom stereocenters. The number of nitrogens with one attached hydrogen (secondary N) is 2. The van der Waals surface area contributed by atoms with Gasteiger partial charge in [-0.15, -0.1) is 0 Å². The van der Waals surface area contributed by atoms with E-state index >= 15 is 0 Å². The molecule has 0 aliphatic carbocycles. The Balaban J connectivity index is 1.47. The maximum Gasteiger partial charge on any atom is 0.276 e. The topological polar surface area (TPSA) is 101 Å². The standard InChI is InChI=1S/C22H26BrN3O5/c1-22(2,3)17-10-15(23)6-7-18(17)31-13-19(27)24-25-21(29)14-9-20(28)26(11-14)12-16-5-4-8-30-16/h4-8,10,14H,9,11-13H2,1-3H3,(H,24,27)(H,25,29). The van der Waals surface area contributed by atoms with Crippen LogP contribution in [-0.2, 0) is 26.3 Å². The van der Waals surface area contributed by atoms with Gasteiger partial charge in [0.2, 0.25) is 11.8 Å². The van der Waals surface area contributed by atoms with Crippen LogP contribution in [-0.4, -0.2) is 35.8 Å². The number of rotatable bonds is 6. The van der Waals surface area contributed by atoms with E-state index < -0.39 is 17.7 Å². The molecule has 1 aliphatic rings. The normalized spacial score (nSPS) is 16.3. The number of carbonyl (C=O) groups is 3. The van der Waals surface area contributed by atoms with Gasteiger partial charge in [-0.3, -0.25) is 25.2 Å². The van der Waals surface area contributed by atoms with Crippen LogP contribution in [0.25, 0.3) is 0 Å². The summed E-state index contributed by atoms with van der Waals surface area (Å²) in [7, 11) is 0. The first-order chi connectivity index (χ1) is 14.6. The van der Waals surface area contributed by atoms with E-state index in [0.29, 0.717) is 18.1 Å². The summed E-state index contributed by atoms with van der Waals surface area (Å²) in [5.74, 6) is -0.316. The molecule has 9 heteroatoms. The second-order valence-electron chi connectivity index (χ2n) is 8.47. The van der Waals surface area contributed by atoms with Gasteiger partial charge in [-0.2, -0.15) is 0 Å². The number of hydrazine groups is 1. The van der Waals surface area contributed by atoms with Crippen LogP contribution in [0.15, 0.2) is 45.5 Å².